The van der Waals surface area contributed by atoms with E-state index in [0.717, 1.165) is 0 Å². The summed E-state index contributed by atoms with van der Waals surface area (Å²) in [6, 6.07) is 13.3. The number of benzene rings is 2. The molecule has 0 saturated carbocycles. The number of nitriles is 1. The molecule has 0 fully saturated rings. The van der Waals surface area contributed by atoms with Crippen molar-refractivity contribution in [1.29, 1.82) is 5.26 Å². The number of nitrogens with zero attached hydrogens (tertiary/aromatic N) is 1. The number of rotatable bonds is 3. The first-order valence-corrected chi connectivity index (χ1v) is 8.52. The molecule has 120 valence electrons. The summed E-state index contributed by atoms with van der Waals surface area (Å²) in [4.78, 5) is 11.0. The van der Waals surface area contributed by atoms with E-state index in [-0.39, 0.29) is 21.2 Å². The smallest absolute Gasteiger partial charge is 0.336 e. The molecule has 0 unspecified atom stereocenters. The molecule has 6 nitrogen and oxygen atoms in total. The molecule has 0 amide bonds. The third-order valence-electron chi connectivity index (χ3n) is 3.24. The van der Waals surface area contributed by atoms with Gasteiger partial charge in [0.1, 0.15) is 16.5 Å². The minimum absolute atomic E-state index is 0.0693. The predicted octanol–water partition coefficient (Wildman–Crippen LogP) is 3.12. The first kappa shape index (κ1) is 16.1. The first-order valence-electron chi connectivity index (χ1n) is 6.66. The molecule has 24 heavy (non-hydrogen) atoms. The summed E-state index contributed by atoms with van der Waals surface area (Å²) in [6.07, 6.45) is 0. The van der Waals surface area contributed by atoms with Crippen LogP contribution in [0, 0.1) is 11.3 Å². The van der Waals surface area contributed by atoms with Crippen molar-refractivity contribution in [2.75, 3.05) is 4.72 Å². The fourth-order valence-corrected chi connectivity index (χ4v) is 3.77. The predicted molar refractivity (Wildman–Crippen MR) is 89.5 cm³/mol. The standard InChI is InChI=1S/C16H9ClN2O4S/c17-16-11(9-18)2-1-3-14(16)24(21,22)19-12-5-6-13-10(8-12)4-7-15(20)23-13/h1-8,19H. The van der Waals surface area contributed by atoms with Crippen molar-refractivity contribution in [2.45, 2.75) is 4.90 Å². The molecule has 0 aliphatic carbocycles. The van der Waals surface area contributed by atoms with Gasteiger partial charge in [-0.15, -0.1) is 0 Å². The monoisotopic (exact) mass is 360 g/mol. The zero-order valence-corrected chi connectivity index (χ0v) is 13.6. The number of anilines is 1. The summed E-state index contributed by atoms with van der Waals surface area (Å²) in [6.45, 7) is 0. The molecule has 0 atom stereocenters. The number of halogens is 1. The number of hydrogen-bond acceptors (Lipinski definition) is 5. The Labute approximate surface area is 142 Å². The highest BCUT2D eigenvalue weighted by atomic mass is 35.5. The van der Waals surface area contributed by atoms with Gasteiger partial charge in [0.25, 0.3) is 10.0 Å². The third kappa shape index (κ3) is 2.97. The van der Waals surface area contributed by atoms with E-state index >= 15 is 0 Å². The largest absolute Gasteiger partial charge is 0.423 e. The summed E-state index contributed by atoms with van der Waals surface area (Å²) in [5.41, 5.74) is 0.195. The molecular formula is C16H9ClN2O4S. The van der Waals surface area contributed by atoms with Crippen molar-refractivity contribution in [3.8, 4) is 6.07 Å². The molecule has 1 aromatic heterocycles. The Morgan fingerprint density at radius 1 is 1.12 bits per heavy atom. The van der Waals surface area contributed by atoms with Gasteiger partial charge in [-0.25, -0.2) is 13.2 Å². The topological polar surface area (TPSA) is 100 Å². The lowest BCUT2D eigenvalue weighted by molar-refractivity contribution is 0.561. The maximum Gasteiger partial charge on any atom is 0.336 e. The molecule has 0 bridgehead atoms. The van der Waals surface area contributed by atoms with Crippen molar-refractivity contribution in [2.24, 2.45) is 0 Å². The van der Waals surface area contributed by atoms with Crippen LogP contribution in [0.1, 0.15) is 5.56 Å². The molecule has 0 saturated heterocycles. The lowest BCUT2D eigenvalue weighted by Gasteiger charge is -2.10. The van der Waals surface area contributed by atoms with Crippen LogP contribution >= 0.6 is 11.6 Å². The van der Waals surface area contributed by atoms with Crippen LogP contribution in [-0.2, 0) is 10.0 Å². The van der Waals surface area contributed by atoms with Crippen LogP contribution in [0.3, 0.4) is 0 Å². The number of nitrogens with one attached hydrogen (secondary N) is 1. The van der Waals surface area contributed by atoms with E-state index in [4.69, 9.17) is 21.3 Å². The lowest BCUT2D eigenvalue weighted by Crippen LogP contribution is -2.13. The van der Waals surface area contributed by atoms with Gasteiger partial charge in [-0.1, -0.05) is 17.7 Å². The maximum atomic E-state index is 12.5. The maximum absolute atomic E-state index is 12.5. The summed E-state index contributed by atoms with van der Waals surface area (Å²) < 4.78 is 32.4. The van der Waals surface area contributed by atoms with E-state index in [1.807, 2.05) is 6.07 Å². The van der Waals surface area contributed by atoms with Crippen molar-refractivity contribution in [3.63, 3.8) is 0 Å². The fourth-order valence-electron chi connectivity index (χ4n) is 2.15. The summed E-state index contributed by atoms with van der Waals surface area (Å²) in [5.74, 6) is 0. The van der Waals surface area contributed by atoms with Crippen molar-refractivity contribution < 1.29 is 12.8 Å². The van der Waals surface area contributed by atoms with Crippen molar-refractivity contribution in [3.05, 3.63) is 69.5 Å². The Bertz CT molecular complexity index is 1150. The van der Waals surface area contributed by atoms with Gasteiger partial charge < -0.3 is 4.42 Å². The van der Waals surface area contributed by atoms with Gasteiger partial charge in [-0.05, 0) is 36.4 Å². The number of sulfonamides is 1. The summed E-state index contributed by atoms with van der Waals surface area (Å²) >= 11 is 5.98. The number of hydrogen-bond donors (Lipinski definition) is 1. The molecule has 0 radical (unpaired) electrons. The molecule has 1 heterocycles. The van der Waals surface area contributed by atoms with E-state index in [9.17, 15) is 13.2 Å². The molecular weight excluding hydrogens is 352 g/mol. The Kier molecular flexibility index (Phi) is 4.01. The van der Waals surface area contributed by atoms with Gasteiger partial charge in [-0.3, -0.25) is 4.72 Å². The van der Waals surface area contributed by atoms with Crippen LogP contribution in [0.15, 0.2) is 62.6 Å². The first-order chi connectivity index (χ1) is 11.4. The highest BCUT2D eigenvalue weighted by Gasteiger charge is 2.20. The van der Waals surface area contributed by atoms with Gasteiger partial charge in [0, 0.05) is 17.1 Å². The van der Waals surface area contributed by atoms with Gasteiger partial charge in [0.05, 0.1) is 10.6 Å². The van der Waals surface area contributed by atoms with Crippen LogP contribution in [-0.4, -0.2) is 8.42 Å². The van der Waals surface area contributed by atoms with Crippen LogP contribution in [0.5, 0.6) is 0 Å². The number of fused-ring (bicyclic) bond motifs is 1. The Morgan fingerprint density at radius 2 is 1.92 bits per heavy atom. The molecule has 0 aliphatic rings. The quantitative estimate of drug-likeness (QED) is 0.723. The summed E-state index contributed by atoms with van der Waals surface area (Å²) in [7, 11) is -3.98. The lowest BCUT2D eigenvalue weighted by atomic mass is 10.2. The Balaban J connectivity index is 2.03. The van der Waals surface area contributed by atoms with E-state index in [2.05, 4.69) is 4.72 Å². The molecule has 3 rings (SSSR count). The molecule has 1 N–H and O–H groups in total. The molecule has 2 aromatic carbocycles. The fraction of sp³-hybridized carbons (Fsp3) is 0. The highest BCUT2D eigenvalue weighted by Crippen LogP contribution is 2.27. The molecule has 3 aromatic rings. The third-order valence-corrected chi connectivity index (χ3v) is 5.19. The molecule has 8 heteroatoms. The van der Waals surface area contributed by atoms with E-state index in [0.29, 0.717) is 11.0 Å². The van der Waals surface area contributed by atoms with Gasteiger partial charge in [0.15, 0.2) is 0 Å². The van der Waals surface area contributed by atoms with E-state index in [1.54, 1.807) is 0 Å². The van der Waals surface area contributed by atoms with Crippen LogP contribution in [0.25, 0.3) is 11.0 Å². The SMILES string of the molecule is N#Cc1cccc(S(=O)(=O)Nc2ccc3oc(=O)ccc3c2)c1Cl. The molecule has 0 spiro atoms. The normalized spacial score (nSPS) is 11.2. The van der Waals surface area contributed by atoms with Crippen molar-refractivity contribution >= 4 is 38.3 Å². The second-order valence-corrected chi connectivity index (χ2v) is 6.87. The zero-order chi connectivity index (χ0) is 17.3. The minimum atomic E-state index is -3.98. The van der Waals surface area contributed by atoms with E-state index < -0.39 is 15.6 Å². The zero-order valence-electron chi connectivity index (χ0n) is 12.0. The van der Waals surface area contributed by atoms with Crippen LogP contribution in [0.2, 0.25) is 5.02 Å². The van der Waals surface area contributed by atoms with Crippen LogP contribution in [0.4, 0.5) is 5.69 Å². The average Bonchev–Trinajstić information content (AvgIpc) is 2.54. The second kappa shape index (κ2) is 6.00. The molecule has 0 aliphatic heterocycles. The van der Waals surface area contributed by atoms with Gasteiger partial charge in [0.2, 0.25) is 0 Å². The van der Waals surface area contributed by atoms with Gasteiger partial charge >= 0.3 is 5.63 Å². The average molecular weight is 361 g/mol. The second-order valence-electron chi connectivity index (χ2n) is 4.84. The minimum Gasteiger partial charge on any atom is -0.423 e. The Hall–Kier alpha value is -2.82. The van der Waals surface area contributed by atoms with E-state index in [1.165, 1.54) is 48.5 Å². The van der Waals surface area contributed by atoms with Gasteiger partial charge in [-0.2, -0.15) is 5.26 Å². The highest BCUT2D eigenvalue weighted by molar-refractivity contribution is 7.92. The van der Waals surface area contributed by atoms with Crippen molar-refractivity contribution in [1.82, 2.24) is 0 Å². The summed E-state index contributed by atoms with van der Waals surface area (Å²) in [5, 5.41) is 9.38. The van der Waals surface area contributed by atoms with Crippen LogP contribution < -0.4 is 10.3 Å². The Morgan fingerprint density at radius 3 is 2.67 bits per heavy atom.